The molecule has 43 heavy (non-hydrogen) atoms. The van der Waals surface area contributed by atoms with Gasteiger partial charge in [-0.05, 0) is 29.8 Å². The smallest absolute Gasteiger partial charge is 0.263 e. The van der Waals surface area contributed by atoms with Crippen LogP contribution >= 0.6 is 11.6 Å². The minimum absolute atomic E-state index is 0.0152. The normalized spacial score (nSPS) is 12.2. The van der Waals surface area contributed by atoms with Crippen LogP contribution in [0, 0.1) is 0 Å². The van der Waals surface area contributed by atoms with E-state index in [1.54, 1.807) is 12.1 Å². The third kappa shape index (κ3) is 7.56. The Morgan fingerprint density at radius 3 is 2.60 bits per heavy atom. The molecule has 1 aromatic heterocycles. The van der Waals surface area contributed by atoms with Gasteiger partial charge in [0.1, 0.15) is 23.9 Å². The molecule has 1 aliphatic heterocycles. The lowest BCUT2D eigenvalue weighted by atomic mass is 10.2. The molecule has 0 atom stereocenters. The highest BCUT2D eigenvalue weighted by Gasteiger charge is 2.26. The first kappa shape index (κ1) is 30.2. The quantitative estimate of drug-likeness (QED) is 0.189. The summed E-state index contributed by atoms with van der Waals surface area (Å²) >= 11 is 6.38. The zero-order chi connectivity index (χ0) is 30.2. The van der Waals surface area contributed by atoms with E-state index in [1.165, 1.54) is 31.4 Å². The van der Waals surface area contributed by atoms with E-state index in [2.05, 4.69) is 14.7 Å². The van der Waals surface area contributed by atoms with E-state index in [1.807, 2.05) is 30.3 Å². The van der Waals surface area contributed by atoms with Crippen LogP contribution in [0.2, 0.25) is 5.02 Å². The molecule has 5 rings (SSSR count). The van der Waals surface area contributed by atoms with E-state index < -0.39 is 10.0 Å². The highest BCUT2D eigenvalue weighted by Crippen LogP contribution is 2.41. The van der Waals surface area contributed by atoms with Crippen molar-refractivity contribution in [3.63, 3.8) is 0 Å². The Kier molecular flexibility index (Phi) is 9.67. The maximum atomic E-state index is 13.6. The number of aliphatic hydroxyl groups excluding tert-OH is 1. The molecule has 0 bridgehead atoms. The summed E-state index contributed by atoms with van der Waals surface area (Å²) in [7, 11) is -2.76. The summed E-state index contributed by atoms with van der Waals surface area (Å²) < 4.78 is 63.0. The fraction of sp³-hybridized carbons (Fsp3) is 0.241. The monoisotopic (exact) mass is 629 g/mol. The minimum atomic E-state index is -4.24. The molecule has 0 spiro atoms. The molecule has 0 amide bonds. The van der Waals surface area contributed by atoms with Crippen molar-refractivity contribution in [3.05, 3.63) is 83.1 Å². The predicted octanol–water partition coefficient (Wildman–Crippen LogP) is 4.59. The second-order valence-electron chi connectivity index (χ2n) is 9.00. The molecule has 0 unspecified atom stereocenters. The first-order valence-corrected chi connectivity index (χ1v) is 14.9. The van der Waals surface area contributed by atoms with Crippen LogP contribution in [0.15, 0.2) is 71.6 Å². The number of halogens is 1. The van der Waals surface area contributed by atoms with Crippen LogP contribution in [0.3, 0.4) is 0 Å². The molecule has 0 radical (unpaired) electrons. The number of hydrogen-bond acceptors (Lipinski definition) is 11. The number of nitrogens with one attached hydrogen (secondary N) is 1. The minimum Gasteiger partial charge on any atom is -0.497 e. The molecule has 3 aromatic carbocycles. The predicted molar refractivity (Wildman–Crippen MR) is 156 cm³/mol. The fourth-order valence-electron chi connectivity index (χ4n) is 3.94. The van der Waals surface area contributed by atoms with E-state index in [-0.39, 0.29) is 77.7 Å². The van der Waals surface area contributed by atoms with E-state index in [9.17, 15) is 13.5 Å². The van der Waals surface area contributed by atoms with Gasteiger partial charge in [0, 0.05) is 18.6 Å². The average molecular weight is 630 g/mol. The van der Waals surface area contributed by atoms with Crippen molar-refractivity contribution in [1.29, 1.82) is 0 Å². The van der Waals surface area contributed by atoms with Crippen molar-refractivity contribution in [3.8, 4) is 34.6 Å². The Hall–Kier alpha value is -4.30. The highest BCUT2D eigenvalue weighted by atomic mass is 35.5. The molecule has 14 heteroatoms. The molecule has 0 fully saturated rings. The lowest BCUT2D eigenvalue weighted by Gasteiger charge is -2.18. The van der Waals surface area contributed by atoms with Crippen molar-refractivity contribution < 1.29 is 41.9 Å². The van der Waals surface area contributed by atoms with Gasteiger partial charge in [-0.25, -0.2) is 13.4 Å². The van der Waals surface area contributed by atoms with Gasteiger partial charge in [0.2, 0.25) is 12.5 Å². The molecule has 0 saturated heterocycles. The Morgan fingerprint density at radius 2 is 1.81 bits per heavy atom. The van der Waals surface area contributed by atoms with Crippen LogP contribution < -0.4 is 28.4 Å². The van der Waals surface area contributed by atoms with Gasteiger partial charge in [-0.1, -0.05) is 41.9 Å². The van der Waals surface area contributed by atoms with Crippen LogP contribution in [0.4, 0.5) is 5.82 Å². The van der Waals surface area contributed by atoms with E-state index in [4.69, 9.17) is 40.0 Å². The van der Waals surface area contributed by atoms with Crippen LogP contribution in [0.1, 0.15) is 11.4 Å². The van der Waals surface area contributed by atoms with Gasteiger partial charge in [-0.3, -0.25) is 4.72 Å². The first-order valence-electron chi connectivity index (χ1n) is 13.1. The van der Waals surface area contributed by atoms with Crippen LogP contribution in [0.5, 0.6) is 34.6 Å². The van der Waals surface area contributed by atoms with Gasteiger partial charge in [0.25, 0.3) is 15.9 Å². The SMILES string of the molecule is COc1ccc(Cl)c(Oc2c(NS(=O)(=O)c3ccc4c(c3)OCO4)nc(CCOCc3ccccc3)nc2OCCO)c1. The van der Waals surface area contributed by atoms with Gasteiger partial charge < -0.3 is 33.5 Å². The molecule has 1 aliphatic rings. The molecule has 4 aromatic rings. The van der Waals surface area contributed by atoms with E-state index >= 15 is 0 Å². The molecular formula is C29H28ClN3O9S. The van der Waals surface area contributed by atoms with Crippen LogP contribution in [-0.4, -0.2) is 57.2 Å². The van der Waals surface area contributed by atoms with Gasteiger partial charge in [-0.15, -0.1) is 0 Å². The van der Waals surface area contributed by atoms with E-state index in [0.29, 0.717) is 18.1 Å². The van der Waals surface area contributed by atoms with Gasteiger partial charge in [0.05, 0.1) is 36.8 Å². The number of sulfonamides is 1. The zero-order valence-electron chi connectivity index (χ0n) is 23.0. The number of fused-ring (bicyclic) bond motifs is 1. The molecule has 0 saturated carbocycles. The molecular weight excluding hydrogens is 602 g/mol. The number of anilines is 1. The van der Waals surface area contributed by atoms with Crippen molar-refractivity contribution >= 4 is 27.4 Å². The Morgan fingerprint density at radius 1 is 1.00 bits per heavy atom. The molecule has 0 aliphatic carbocycles. The third-order valence-electron chi connectivity index (χ3n) is 6.03. The summed E-state index contributed by atoms with van der Waals surface area (Å²) in [5.74, 6) is 0.953. The van der Waals surface area contributed by atoms with Gasteiger partial charge >= 0.3 is 0 Å². The standard InChI is InChI=1S/C29H28ClN3O9S/c1-37-20-7-9-22(30)24(15-20)42-27-28(33-43(35,36)21-8-10-23-25(16-21)41-18-40-23)31-26(32-29(27)39-14-12-34)11-13-38-17-19-5-3-2-4-6-19/h2-10,15-16,34H,11-14,17-18H2,1H3,(H,31,32,33). The Labute approximate surface area is 253 Å². The lowest BCUT2D eigenvalue weighted by molar-refractivity contribution is 0.122. The first-order chi connectivity index (χ1) is 20.9. The zero-order valence-corrected chi connectivity index (χ0v) is 24.6. The molecule has 12 nitrogen and oxygen atoms in total. The molecule has 2 N–H and O–H groups in total. The number of hydrogen-bond donors (Lipinski definition) is 2. The van der Waals surface area contributed by atoms with Crippen molar-refractivity contribution in [2.75, 3.05) is 38.4 Å². The van der Waals surface area contributed by atoms with Crippen molar-refractivity contribution in [1.82, 2.24) is 9.97 Å². The maximum Gasteiger partial charge on any atom is 0.263 e. The Balaban J connectivity index is 1.50. The maximum absolute atomic E-state index is 13.6. The fourth-order valence-corrected chi connectivity index (χ4v) is 5.12. The number of ether oxygens (including phenoxy) is 6. The van der Waals surface area contributed by atoms with Crippen molar-refractivity contribution in [2.45, 2.75) is 17.9 Å². The number of aliphatic hydroxyl groups is 1. The topological polar surface area (TPSA) is 148 Å². The van der Waals surface area contributed by atoms with Crippen LogP contribution in [-0.2, 0) is 27.8 Å². The summed E-state index contributed by atoms with van der Waals surface area (Å²) in [6.45, 7) is 0.0891. The van der Waals surface area contributed by atoms with Crippen molar-refractivity contribution in [2.24, 2.45) is 0 Å². The summed E-state index contributed by atoms with van der Waals surface area (Å²) in [4.78, 5) is 8.79. The summed E-state index contributed by atoms with van der Waals surface area (Å²) in [6, 6.07) is 18.5. The number of methoxy groups -OCH3 is 1. The largest absolute Gasteiger partial charge is 0.497 e. The molecule has 226 valence electrons. The molecule has 2 heterocycles. The second kappa shape index (κ2) is 13.8. The van der Waals surface area contributed by atoms with Gasteiger partial charge in [-0.2, -0.15) is 4.98 Å². The number of nitrogens with zero attached hydrogens (tertiary/aromatic N) is 2. The third-order valence-corrected chi connectivity index (χ3v) is 7.68. The number of benzene rings is 3. The Bertz CT molecular complexity index is 1670. The summed E-state index contributed by atoms with van der Waals surface area (Å²) in [5.41, 5.74) is 0.992. The highest BCUT2D eigenvalue weighted by molar-refractivity contribution is 7.92. The van der Waals surface area contributed by atoms with Crippen LogP contribution in [0.25, 0.3) is 0 Å². The second-order valence-corrected chi connectivity index (χ2v) is 11.1. The van der Waals surface area contributed by atoms with Gasteiger partial charge in [0.15, 0.2) is 17.3 Å². The summed E-state index contributed by atoms with van der Waals surface area (Å²) in [5, 5.41) is 9.66. The average Bonchev–Trinajstić information content (AvgIpc) is 3.49. The summed E-state index contributed by atoms with van der Waals surface area (Å²) in [6.07, 6.45) is 0.210. The lowest BCUT2D eigenvalue weighted by Crippen LogP contribution is -2.17. The van der Waals surface area contributed by atoms with E-state index in [0.717, 1.165) is 5.56 Å². The number of rotatable bonds is 14. The number of aromatic nitrogens is 2.